The summed E-state index contributed by atoms with van der Waals surface area (Å²) in [6, 6.07) is 12.6. The average Bonchev–Trinajstić information content (AvgIpc) is 2.76. The van der Waals surface area contributed by atoms with Crippen molar-refractivity contribution in [3.8, 4) is 17.0 Å². The fourth-order valence-electron chi connectivity index (χ4n) is 3.24. The molecule has 0 unspecified atom stereocenters. The van der Waals surface area contributed by atoms with E-state index in [1.54, 1.807) is 37.5 Å². The van der Waals surface area contributed by atoms with Gasteiger partial charge in [0.25, 0.3) is 5.91 Å². The van der Waals surface area contributed by atoms with Crippen LogP contribution in [-0.2, 0) is 0 Å². The Kier molecular flexibility index (Phi) is 4.89. The van der Waals surface area contributed by atoms with E-state index in [0.29, 0.717) is 43.4 Å². The van der Waals surface area contributed by atoms with Crippen molar-refractivity contribution in [1.82, 2.24) is 19.9 Å². The van der Waals surface area contributed by atoms with Crippen LogP contribution in [0.4, 0.5) is 5.95 Å². The molecule has 2 aromatic heterocycles. The molecule has 3 heterocycles. The van der Waals surface area contributed by atoms with Crippen molar-refractivity contribution >= 4 is 11.9 Å². The maximum atomic E-state index is 12.8. The molecule has 1 amide bonds. The van der Waals surface area contributed by atoms with Gasteiger partial charge in [-0.25, -0.2) is 15.0 Å². The maximum absolute atomic E-state index is 12.8. The number of piperazine rings is 1. The number of rotatable bonds is 3. The standard InChI is InChI=1S/C21H21N5O2/c1-15-19(27)8-7-18(24-15)16-3-5-17(6-4-16)20(28)25-11-13-26(14-12-25)21-22-9-2-10-23-21/h2-10,27H,11-14H2,1H3. The van der Waals surface area contributed by atoms with Gasteiger partial charge < -0.3 is 14.9 Å². The predicted octanol–water partition coefficient (Wildman–Crippen LogP) is 2.52. The summed E-state index contributed by atoms with van der Waals surface area (Å²) in [5, 5.41) is 9.62. The van der Waals surface area contributed by atoms with E-state index in [1.807, 2.05) is 29.2 Å². The van der Waals surface area contributed by atoms with Crippen LogP contribution in [0.1, 0.15) is 16.1 Å². The Bertz CT molecular complexity index is 968. The Hall–Kier alpha value is -3.48. The molecule has 0 radical (unpaired) electrons. The van der Waals surface area contributed by atoms with Crippen LogP contribution in [0.2, 0.25) is 0 Å². The van der Waals surface area contributed by atoms with E-state index in [4.69, 9.17) is 0 Å². The van der Waals surface area contributed by atoms with Crippen molar-refractivity contribution in [2.45, 2.75) is 6.92 Å². The van der Waals surface area contributed by atoms with Gasteiger partial charge in [-0.05, 0) is 37.3 Å². The molecule has 28 heavy (non-hydrogen) atoms. The van der Waals surface area contributed by atoms with Gasteiger partial charge in [-0.2, -0.15) is 0 Å². The monoisotopic (exact) mass is 375 g/mol. The number of benzene rings is 1. The van der Waals surface area contributed by atoms with Crippen molar-refractivity contribution in [2.75, 3.05) is 31.1 Å². The number of aryl methyl sites for hydroxylation is 1. The highest BCUT2D eigenvalue weighted by Gasteiger charge is 2.23. The van der Waals surface area contributed by atoms with Crippen molar-refractivity contribution in [3.63, 3.8) is 0 Å². The van der Waals surface area contributed by atoms with Gasteiger partial charge in [0.15, 0.2) is 0 Å². The summed E-state index contributed by atoms with van der Waals surface area (Å²) < 4.78 is 0. The number of anilines is 1. The van der Waals surface area contributed by atoms with Crippen LogP contribution >= 0.6 is 0 Å². The highest BCUT2D eigenvalue weighted by molar-refractivity contribution is 5.94. The summed E-state index contributed by atoms with van der Waals surface area (Å²) in [6.45, 7) is 4.46. The number of aromatic nitrogens is 3. The van der Waals surface area contributed by atoms with Crippen LogP contribution in [0.3, 0.4) is 0 Å². The Labute approximate surface area is 163 Å². The molecule has 0 aliphatic carbocycles. The lowest BCUT2D eigenvalue weighted by Gasteiger charge is -2.34. The smallest absolute Gasteiger partial charge is 0.253 e. The van der Waals surface area contributed by atoms with Crippen molar-refractivity contribution in [3.05, 3.63) is 66.1 Å². The fourth-order valence-corrected chi connectivity index (χ4v) is 3.24. The average molecular weight is 375 g/mol. The van der Waals surface area contributed by atoms with Gasteiger partial charge in [-0.3, -0.25) is 4.79 Å². The Morgan fingerprint density at radius 2 is 1.64 bits per heavy atom. The van der Waals surface area contributed by atoms with Crippen LogP contribution in [0, 0.1) is 6.92 Å². The zero-order valence-electron chi connectivity index (χ0n) is 15.6. The molecular weight excluding hydrogens is 354 g/mol. The topological polar surface area (TPSA) is 82.5 Å². The van der Waals surface area contributed by atoms with Gasteiger partial charge >= 0.3 is 0 Å². The van der Waals surface area contributed by atoms with E-state index in [1.165, 1.54) is 0 Å². The summed E-state index contributed by atoms with van der Waals surface area (Å²) >= 11 is 0. The number of nitrogens with zero attached hydrogens (tertiary/aromatic N) is 5. The number of carbonyl (C=O) groups is 1. The molecular formula is C21H21N5O2. The SMILES string of the molecule is Cc1nc(-c2ccc(C(=O)N3CCN(c4ncccn4)CC3)cc2)ccc1O. The van der Waals surface area contributed by atoms with Crippen LogP contribution in [0.5, 0.6) is 5.75 Å². The third-order valence-corrected chi connectivity index (χ3v) is 4.89. The lowest BCUT2D eigenvalue weighted by Crippen LogP contribution is -2.49. The van der Waals surface area contributed by atoms with Crippen molar-refractivity contribution in [1.29, 1.82) is 0 Å². The van der Waals surface area contributed by atoms with Crippen LogP contribution in [0.25, 0.3) is 11.3 Å². The number of amides is 1. The molecule has 7 nitrogen and oxygen atoms in total. The molecule has 1 N–H and O–H groups in total. The van der Waals surface area contributed by atoms with E-state index in [0.717, 1.165) is 11.3 Å². The molecule has 1 aliphatic rings. The number of hydrogen-bond donors (Lipinski definition) is 1. The highest BCUT2D eigenvalue weighted by atomic mass is 16.3. The fraction of sp³-hybridized carbons (Fsp3) is 0.238. The van der Waals surface area contributed by atoms with Crippen LogP contribution < -0.4 is 4.90 Å². The molecule has 1 aliphatic heterocycles. The molecule has 3 aromatic rings. The molecule has 0 spiro atoms. The van der Waals surface area contributed by atoms with E-state index in [-0.39, 0.29) is 11.7 Å². The highest BCUT2D eigenvalue weighted by Crippen LogP contribution is 2.23. The molecule has 4 rings (SSSR count). The van der Waals surface area contributed by atoms with Crippen molar-refractivity contribution in [2.24, 2.45) is 0 Å². The van der Waals surface area contributed by atoms with Gasteiger partial charge in [0, 0.05) is 49.7 Å². The van der Waals surface area contributed by atoms with Crippen LogP contribution in [0.15, 0.2) is 54.9 Å². The zero-order valence-corrected chi connectivity index (χ0v) is 15.6. The normalized spacial score (nSPS) is 14.2. The summed E-state index contributed by atoms with van der Waals surface area (Å²) in [7, 11) is 0. The minimum atomic E-state index is 0.0232. The van der Waals surface area contributed by atoms with Gasteiger partial charge in [0.2, 0.25) is 5.95 Å². The quantitative estimate of drug-likeness (QED) is 0.757. The predicted molar refractivity (Wildman–Crippen MR) is 106 cm³/mol. The number of aromatic hydroxyl groups is 1. The molecule has 1 aromatic carbocycles. The minimum Gasteiger partial charge on any atom is -0.506 e. The second-order valence-corrected chi connectivity index (χ2v) is 6.71. The van der Waals surface area contributed by atoms with Crippen molar-refractivity contribution < 1.29 is 9.90 Å². The first-order valence-corrected chi connectivity index (χ1v) is 9.20. The number of hydrogen-bond acceptors (Lipinski definition) is 6. The Morgan fingerprint density at radius 3 is 2.29 bits per heavy atom. The maximum Gasteiger partial charge on any atom is 0.253 e. The molecule has 7 heteroatoms. The van der Waals surface area contributed by atoms with E-state index >= 15 is 0 Å². The molecule has 0 saturated carbocycles. The summed E-state index contributed by atoms with van der Waals surface area (Å²) in [4.78, 5) is 29.7. The zero-order chi connectivity index (χ0) is 19.5. The van der Waals surface area contributed by atoms with Gasteiger partial charge in [-0.1, -0.05) is 12.1 Å². The third-order valence-electron chi connectivity index (χ3n) is 4.89. The first kappa shape index (κ1) is 17.9. The van der Waals surface area contributed by atoms with E-state index < -0.39 is 0 Å². The first-order valence-electron chi connectivity index (χ1n) is 9.20. The lowest BCUT2D eigenvalue weighted by molar-refractivity contribution is 0.0746. The van der Waals surface area contributed by atoms with Gasteiger partial charge in [0.1, 0.15) is 5.75 Å². The summed E-state index contributed by atoms with van der Waals surface area (Å²) in [5.74, 6) is 0.904. The Morgan fingerprint density at radius 1 is 0.964 bits per heavy atom. The largest absolute Gasteiger partial charge is 0.506 e. The molecule has 1 fully saturated rings. The van der Waals surface area contributed by atoms with E-state index in [9.17, 15) is 9.90 Å². The number of carbonyl (C=O) groups excluding carboxylic acids is 1. The summed E-state index contributed by atoms with van der Waals surface area (Å²) in [6.07, 6.45) is 3.46. The van der Waals surface area contributed by atoms with Crippen LogP contribution in [-0.4, -0.2) is 57.0 Å². The van der Waals surface area contributed by atoms with Gasteiger partial charge in [0.05, 0.1) is 11.4 Å². The summed E-state index contributed by atoms with van der Waals surface area (Å²) in [5.41, 5.74) is 2.91. The third kappa shape index (κ3) is 3.64. The van der Waals surface area contributed by atoms with Gasteiger partial charge in [-0.15, -0.1) is 0 Å². The first-order chi connectivity index (χ1) is 13.6. The Balaban J connectivity index is 1.42. The molecule has 0 bridgehead atoms. The second-order valence-electron chi connectivity index (χ2n) is 6.71. The molecule has 1 saturated heterocycles. The second kappa shape index (κ2) is 7.64. The molecule has 0 atom stereocenters. The molecule has 142 valence electrons. The minimum absolute atomic E-state index is 0.0232. The van der Waals surface area contributed by atoms with E-state index in [2.05, 4.69) is 19.9 Å². The lowest BCUT2D eigenvalue weighted by atomic mass is 10.1. The number of pyridine rings is 1.